The largest absolute Gasteiger partial charge is 0.435 e. The lowest BCUT2D eigenvalue weighted by atomic mass is 10.0. The molecule has 2 aromatic rings. The first-order valence-corrected chi connectivity index (χ1v) is 6.51. The molecule has 2 rings (SSSR count). The van der Waals surface area contributed by atoms with Crippen molar-refractivity contribution in [2.24, 2.45) is 0 Å². The molecule has 9 heteroatoms. The van der Waals surface area contributed by atoms with Gasteiger partial charge in [-0.05, 0) is 17.7 Å². The van der Waals surface area contributed by atoms with Crippen molar-refractivity contribution < 1.29 is 31.4 Å². The maximum atomic E-state index is 12.8. The maximum Gasteiger partial charge on any atom is 0.435 e. The van der Waals surface area contributed by atoms with Crippen LogP contribution in [0.1, 0.15) is 16.8 Å². The van der Waals surface area contributed by atoms with Crippen molar-refractivity contribution in [2.75, 3.05) is 0 Å². The van der Waals surface area contributed by atoms with Gasteiger partial charge < -0.3 is 5.11 Å². The number of hydrogen-bond acceptors (Lipinski definition) is 2. The van der Waals surface area contributed by atoms with Crippen molar-refractivity contribution in [3.63, 3.8) is 0 Å². The molecule has 0 radical (unpaired) electrons. The van der Waals surface area contributed by atoms with Gasteiger partial charge in [-0.1, -0.05) is 18.2 Å². The van der Waals surface area contributed by atoms with Crippen LogP contribution in [0.25, 0.3) is 0 Å². The molecule has 0 saturated heterocycles. The predicted octanol–water partition coefficient (Wildman–Crippen LogP) is 3.52. The van der Waals surface area contributed by atoms with Gasteiger partial charge in [0.2, 0.25) is 0 Å². The zero-order valence-corrected chi connectivity index (χ0v) is 11.6. The lowest BCUT2D eigenvalue weighted by Gasteiger charge is -2.16. The molecule has 1 atom stereocenters. The van der Waals surface area contributed by atoms with Crippen LogP contribution >= 0.6 is 0 Å². The molecule has 3 nitrogen and oxygen atoms in total. The highest BCUT2D eigenvalue weighted by Crippen LogP contribution is 2.32. The van der Waals surface area contributed by atoms with Crippen molar-refractivity contribution >= 4 is 0 Å². The van der Waals surface area contributed by atoms with E-state index in [0.717, 1.165) is 23.0 Å². The zero-order valence-electron chi connectivity index (χ0n) is 11.6. The second-order valence-electron chi connectivity index (χ2n) is 4.93. The Bertz CT molecular complexity index is 662. The number of aliphatic hydroxyl groups is 1. The molecule has 1 unspecified atom stereocenters. The molecule has 1 N–H and O–H groups in total. The van der Waals surface area contributed by atoms with Gasteiger partial charge in [0.1, 0.15) is 0 Å². The minimum absolute atomic E-state index is 0.129. The molecule has 0 fully saturated rings. The van der Waals surface area contributed by atoms with Crippen LogP contribution in [0.3, 0.4) is 0 Å². The van der Waals surface area contributed by atoms with Gasteiger partial charge >= 0.3 is 12.4 Å². The fraction of sp³-hybridized carbons (Fsp3) is 0.357. The van der Waals surface area contributed by atoms with Crippen LogP contribution in [0.5, 0.6) is 0 Å². The summed E-state index contributed by atoms with van der Waals surface area (Å²) in [6.07, 6.45) is -9.82. The van der Waals surface area contributed by atoms with Crippen LogP contribution in [0.4, 0.5) is 26.3 Å². The third kappa shape index (κ3) is 4.47. The number of hydrogen-bond donors (Lipinski definition) is 1. The highest BCUT2D eigenvalue weighted by atomic mass is 19.4. The molecule has 1 heterocycles. The molecule has 0 aliphatic heterocycles. The van der Waals surface area contributed by atoms with Crippen LogP contribution in [0, 0.1) is 0 Å². The zero-order chi connectivity index (χ0) is 17.3. The molecule has 1 aromatic heterocycles. The van der Waals surface area contributed by atoms with Crippen LogP contribution in [-0.4, -0.2) is 21.0 Å². The molecule has 1 aromatic carbocycles. The van der Waals surface area contributed by atoms with E-state index in [0.29, 0.717) is 0 Å². The predicted molar refractivity (Wildman–Crippen MR) is 68.4 cm³/mol. The molecule has 0 bridgehead atoms. The molecule has 0 aliphatic carbocycles. The number of halogens is 6. The molecule has 23 heavy (non-hydrogen) atoms. The normalized spacial score (nSPS) is 14.0. The first-order valence-electron chi connectivity index (χ1n) is 6.51. The number of aromatic nitrogens is 2. The van der Waals surface area contributed by atoms with Gasteiger partial charge in [0.15, 0.2) is 5.69 Å². The lowest BCUT2D eigenvalue weighted by Crippen LogP contribution is -2.21. The Hall–Kier alpha value is -2.03. The Labute approximate surface area is 127 Å². The van der Waals surface area contributed by atoms with Gasteiger partial charge in [-0.3, -0.25) is 4.68 Å². The quantitative estimate of drug-likeness (QED) is 0.866. The fourth-order valence-corrected chi connectivity index (χ4v) is 2.12. The molecule has 126 valence electrons. The molecule has 0 aliphatic rings. The van der Waals surface area contributed by atoms with Gasteiger partial charge in [-0.25, -0.2) is 0 Å². The van der Waals surface area contributed by atoms with Crippen molar-refractivity contribution in [3.8, 4) is 0 Å². The summed E-state index contributed by atoms with van der Waals surface area (Å²) in [5.74, 6) is 0. The highest BCUT2D eigenvalue weighted by Gasteiger charge is 2.34. The van der Waals surface area contributed by atoms with E-state index in [1.54, 1.807) is 0 Å². The summed E-state index contributed by atoms with van der Waals surface area (Å²) in [7, 11) is 0. The van der Waals surface area contributed by atoms with Crippen molar-refractivity contribution in [2.45, 2.75) is 31.4 Å². The van der Waals surface area contributed by atoms with E-state index in [1.165, 1.54) is 18.2 Å². The van der Waals surface area contributed by atoms with E-state index in [1.807, 2.05) is 0 Å². The minimum Gasteiger partial charge on any atom is -0.391 e. The number of nitrogens with zero attached hydrogens (tertiary/aromatic N) is 2. The molecule has 0 saturated carbocycles. The Morgan fingerprint density at radius 1 is 1.00 bits per heavy atom. The summed E-state index contributed by atoms with van der Waals surface area (Å²) in [6, 6.07) is 5.46. The van der Waals surface area contributed by atoms with Gasteiger partial charge in [0.05, 0.1) is 18.2 Å². The first-order chi connectivity index (χ1) is 10.6. The van der Waals surface area contributed by atoms with Gasteiger partial charge in [0.25, 0.3) is 0 Å². The second-order valence-corrected chi connectivity index (χ2v) is 4.93. The average Bonchev–Trinajstić information content (AvgIpc) is 2.86. The third-order valence-electron chi connectivity index (χ3n) is 3.11. The molecule has 0 spiro atoms. The van der Waals surface area contributed by atoms with Crippen LogP contribution in [0.2, 0.25) is 0 Å². The Morgan fingerprint density at radius 3 is 2.22 bits per heavy atom. The maximum absolute atomic E-state index is 12.8. The fourth-order valence-electron chi connectivity index (χ4n) is 2.12. The summed E-state index contributed by atoms with van der Waals surface area (Å²) >= 11 is 0. The number of benzene rings is 1. The van der Waals surface area contributed by atoms with Gasteiger partial charge in [-0.15, -0.1) is 0 Å². The number of aliphatic hydroxyl groups excluding tert-OH is 1. The Morgan fingerprint density at radius 2 is 1.65 bits per heavy atom. The molecular formula is C14H12F6N2O. The van der Waals surface area contributed by atoms with Crippen molar-refractivity contribution in [1.82, 2.24) is 9.78 Å². The highest BCUT2D eigenvalue weighted by molar-refractivity contribution is 5.30. The van der Waals surface area contributed by atoms with E-state index in [9.17, 15) is 31.4 Å². The van der Waals surface area contributed by atoms with Crippen LogP contribution < -0.4 is 0 Å². The van der Waals surface area contributed by atoms with Crippen molar-refractivity contribution in [1.29, 1.82) is 0 Å². The lowest BCUT2D eigenvalue weighted by molar-refractivity contribution is -0.141. The summed E-state index contributed by atoms with van der Waals surface area (Å²) < 4.78 is 76.6. The summed E-state index contributed by atoms with van der Waals surface area (Å²) in [5, 5.41) is 13.1. The summed E-state index contributed by atoms with van der Waals surface area (Å²) in [6.45, 7) is -0.345. The average molecular weight is 338 g/mol. The summed E-state index contributed by atoms with van der Waals surface area (Å²) in [4.78, 5) is 0. The van der Waals surface area contributed by atoms with E-state index in [-0.39, 0.29) is 18.5 Å². The SMILES string of the molecule is OC(Cc1ccccc1C(F)(F)F)Cn1ccc(C(F)(F)F)n1. The Balaban J connectivity index is 2.09. The molecule has 0 amide bonds. The van der Waals surface area contributed by atoms with E-state index >= 15 is 0 Å². The number of alkyl halides is 6. The number of rotatable bonds is 4. The van der Waals surface area contributed by atoms with Gasteiger partial charge in [-0.2, -0.15) is 31.4 Å². The van der Waals surface area contributed by atoms with E-state index < -0.39 is 29.7 Å². The van der Waals surface area contributed by atoms with Crippen LogP contribution in [0.15, 0.2) is 36.5 Å². The van der Waals surface area contributed by atoms with E-state index in [2.05, 4.69) is 5.10 Å². The smallest absolute Gasteiger partial charge is 0.391 e. The van der Waals surface area contributed by atoms with E-state index in [4.69, 9.17) is 0 Å². The topological polar surface area (TPSA) is 38.0 Å². The second kappa shape index (κ2) is 6.23. The summed E-state index contributed by atoms with van der Waals surface area (Å²) in [5.41, 5.74) is -2.13. The standard InChI is InChI=1S/C14H12F6N2O/c15-13(16,17)11-4-2-1-3-9(11)7-10(23)8-22-6-5-12(21-22)14(18,19)20/h1-6,10,23H,7-8H2. The first kappa shape index (κ1) is 17.3. The van der Waals surface area contributed by atoms with Crippen LogP contribution in [-0.2, 0) is 25.3 Å². The van der Waals surface area contributed by atoms with Gasteiger partial charge in [0, 0.05) is 12.6 Å². The third-order valence-corrected chi connectivity index (χ3v) is 3.11. The van der Waals surface area contributed by atoms with Crippen molar-refractivity contribution in [3.05, 3.63) is 53.3 Å². The Kier molecular flexibility index (Phi) is 4.69. The molecular weight excluding hydrogens is 326 g/mol. The monoisotopic (exact) mass is 338 g/mol. The minimum atomic E-state index is -4.61.